The minimum absolute atomic E-state index is 0.786. The van der Waals surface area contributed by atoms with Crippen LogP contribution in [0.25, 0.3) is 0 Å². The topological polar surface area (TPSA) is 34.0 Å². The van der Waals surface area contributed by atoms with Crippen LogP contribution in [0.4, 0.5) is 5.95 Å². The maximum absolute atomic E-state index is 4.26. The smallest absolute Gasteiger partial charge is 0.244 e. The average Bonchev–Trinajstić information content (AvgIpc) is 2.58. The molecule has 0 spiro atoms. The van der Waals surface area contributed by atoms with E-state index in [4.69, 9.17) is 0 Å². The summed E-state index contributed by atoms with van der Waals surface area (Å²) in [6.45, 7) is 4.47. The fraction of sp³-hybridized carbons (Fsp3) is 0.750. The molecule has 4 heteroatoms. The second kappa shape index (κ2) is 2.77. The van der Waals surface area contributed by atoms with Gasteiger partial charge in [-0.25, -0.2) is 4.98 Å². The molecule has 1 aliphatic rings. The number of anilines is 1. The molecule has 12 heavy (non-hydrogen) atoms. The van der Waals surface area contributed by atoms with Gasteiger partial charge in [-0.3, -0.25) is 4.68 Å². The number of hydrogen-bond acceptors (Lipinski definition) is 3. The van der Waals surface area contributed by atoms with E-state index in [9.17, 15) is 0 Å². The summed E-state index contributed by atoms with van der Waals surface area (Å²) in [7, 11) is 1.90. The van der Waals surface area contributed by atoms with Gasteiger partial charge in [0.1, 0.15) is 6.33 Å². The predicted octanol–water partition coefficient (Wildman–Crippen LogP) is 0.661. The summed E-state index contributed by atoms with van der Waals surface area (Å²) in [4.78, 5) is 6.45. The molecule has 1 unspecified atom stereocenters. The zero-order valence-electron chi connectivity index (χ0n) is 7.56. The van der Waals surface area contributed by atoms with E-state index in [1.54, 1.807) is 11.0 Å². The summed E-state index contributed by atoms with van der Waals surface area (Å²) < 4.78 is 1.75. The van der Waals surface area contributed by atoms with E-state index < -0.39 is 0 Å². The Morgan fingerprint density at radius 2 is 2.42 bits per heavy atom. The Balaban J connectivity index is 2.11. The van der Waals surface area contributed by atoms with Gasteiger partial charge in [0, 0.05) is 20.1 Å². The Morgan fingerprint density at radius 1 is 1.58 bits per heavy atom. The molecule has 0 aliphatic carbocycles. The normalized spacial score (nSPS) is 23.5. The molecule has 1 fully saturated rings. The zero-order chi connectivity index (χ0) is 8.55. The van der Waals surface area contributed by atoms with Gasteiger partial charge in [-0.1, -0.05) is 6.92 Å². The monoisotopic (exact) mass is 166 g/mol. The highest BCUT2D eigenvalue weighted by Crippen LogP contribution is 2.19. The first-order valence-corrected chi connectivity index (χ1v) is 4.36. The Hall–Kier alpha value is -1.06. The van der Waals surface area contributed by atoms with Crippen molar-refractivity contribution in [3.8, 4) is 0 Å². The fourth-order valence-corrected chi connectivity index (χ4v) is 1.59. The van der Waals surface area contributed by atoms with E-state index in [-0.39, 0.29) is 0 Å². The lowest BCUT2D eigenvalue weighted by Crippen LogP contribution is -2.20. The minimum atomic E-state index is 0.786. The van der Waals surface area contributed by atoms with E-state index in [2.05, 4.69) is 21.9 Å². The van der Waals surface area contributed by atoms with Crippen molar-refractivity contribution < 1.29 is 0 Å². The maximum Gasteiger partial charge on any atom is 0.244 e. The van der Waals surface area contributed by atoms with Gasteiger partial charge in [0.25, 0.3) is 0 Å². The fourth-order valence-electron chi connectivity index (χ4n) is 1.59. The third-order valence-electron chi connectivity index (χ3n) is 2.29. The van der Waals surface area contributed by atoms with Crippen LogP contribution >= 0.6 is 0 Å². The molecule has 1 atom stereocenters. The van der Waals surface area contributed by atoms with Gasteiger partial charge in [-0.2, -0.15) is 0 Å². The van der Waals surface area contributed by atoms with Gasteiger partial charge < -0.3 is 4.90 Å². The van der Waals surface area contributed by atoms with Crippen molar-refractivity contribution in [1.82, 2.24) is 14.8 Å². The average molecular weight is 166 g/mol. The predicted molar refractivity (Wildman–Crippen MR) is 47.0 cm³/mol. The summed E-state index contributed by atoms with van der Waals surface area (Å²) >= 11 is 0. The molecule has 66 valence electrons. The van der Waals surface area contributed by atoms with Crippen LogP contribution in [0.3, 0.4) is 0 Å². The van der Waals surface area contributed by atoms with Gasteiger partial charge in [0.15, 0.2) is 0 Å². The molecule has 0 saturated carbocycles. The second-order valence-corrected chi connectivity index (χ2v) is 3.56. The minimum Gasteiger partial charge on any atom is -0.339 e. The molecule has 1 aromatic rings. The first-order chi connectivity index (χ1) is 5.75. The molecule has 2 heterocycles. The van der Waals surface area contributed by atoms with Gasteiger partial charge in [0.05, 0.1) is 0 Å². The number of hydrogen-bond donors (Lipinski definition) is 0. The Morgan fingerprint density at radius 3 is 2.92 bits per heavy atom. The molecule has 4 nitrogen and oxygen atoms in total. The molecule has 0 radical (unpaired) electrons. The molecule has 0 N–H and O–H groups in total. The van der Waals surface area contributed by atoms with Crippen molar-refractivity contribution in [2.75, 3.05) is 18.0 Å². The van der Waals surface area contributed by atoms with Crippen LogP contribution in [-0.4, -0.2) is 27.9 Å². The Bertz CT molecular complexity index is 268. The molecular formula is C8H14N4. The lowest BCUT2D eigenvalue weighted by molar-refractivity contribution is 0.657. The van der Waals surface area contributed by atoms with Gasteiger partial charge in [0.2, 0.25) is 5.95 Å². The van der Waals surface area contributed by atoms with E-state index in [1.165, 1.54) is 6.42 Å². The van der Waals surface area contributed by atoms with Crippen molar-refractivity contribution in [3.05, 3.63) is 6.33 Å². The summed E-state index contributed by atoms with van der Waals surface area (Å²) in [6.07, 6.45) is 3.01. The van der Waals surface area contributed by atoms with E-state index in [0.717, 1.165) is 25.0 Å². The molecule has 0 aromatic carbocycles. The zero-order valence-corrected chi connectivity index (χ0v) is 7.56. The quantitative estimate of drug-likeness (QED) is 0.614. The van der Waals surface area contributed by atoms with Crippen LogP contribution in [0.1, 0.15) is 13.3 Å². The highest BCUT2D eigenvalue weighted by atomic mass is 15.4. The van der Waals surface area contributed by atoms with Crippen molar-refractivity contribution in [2.45, 2.75) is 13.3 Å². The largest absolute Gasteiger partial charge is 0.339 e. The van der Waals surface area contributed by atoms with Gasteiger partial charge in [-0.05, 0) is 12.3 Å². The summed E-state index contributed by atoms with van der Waals surface area (Å²) in [6, 6.07) is 0. The molecule has 0 bridgehead atoms. The molecular weight excluding hydrogens is 152 g/mol. The van der Waals surface area contributed by atoms with Gasteiger partial charge in [-0.15, -0.1) is 5.10 Å². The second-order valence-electron chi connectivity index (χ2n) is 3.56. The van der Waals surface area contributed by atoms with Crippen LogP contribution in [0.15, 0.2) is 6.33 Å². The van der Waals surface area contributed by atoms with Crippen LogP contribution in [0.2, 0.25) is 0 Å². The lowest BCUT2D eigenvalue weighted by atomic mass is 10.2. The number of rotatable bonds is 1. The van der Waals surface area contributed by atoms with E-state index >= 15 is 0 Å². The Kier molecular flexibility index (Phi) is 1.75. The highest BCUT2D eigenvalue weighted by molar-refractivity contribution is 5.29. The summed E-state index contributed by atoms with van der Waals surface area (Å²) in [5.74, 6) is 1.66. The lowest BCUT2D eigenvalue weighted by Gasteiger charge is -2.11. The van der Waals surface area contributed by atoms with Crippen molar-refractivity contribution in [3.63, 3.8) is 0 Å². The molecule has 1 aromatic heterocycles. The van der Waals surface area contributed by atoms with Crippen LogP contribution < -0.4 is 4.90 Å². The first kappa shape index (κ1) is 7.58. The van der Waals surface area contributed by atoms with Crippen molar-refractivity contribution in [1.29, 1.82) is 0 Å². The number of nitrogens with zero attached hydrogens (tertiary/aromatic N) is 4. The van der Waals surface area contributed by atoms with Crippen LogP contribution in [0.5, 0.6) is 0 Å². The third-order valence-corrected chi connectivity index (χ3v) is 2.29. The molecule has 1 aliphatic heterocycles. The standard InChI is InChI=1S/C8H14N4/c1-7-3-4-12(5-7)8-9-6-11(2)10-8/h6-7H,3-5H2,1-2H3. The number of aryl methyl sites for hydroxylation is 1. The third kappa shape index (κ3) is 1.29. The van der Waals surface area contributed by atoms with Crippen LogP contribution in [-0.2, 0) is 7.05 Å². The number of aromatic nitrogens is 3. The van der Waals surface area contributed by atoms with E-state index in [0.29, 0.717) is 0 Å². The molecule has 2 rings (SSSR count). The maximum atomic E-state index is 4.26. The molecule has 1 saturated heterocycles. The summed E-state index contributed by atoms with van der Waals surface area (Å²) in [5, 5.41) is 4.26. The van der Waals surface area contributed by atoms with Gasteiger partial charge >= 0.3 is 0 Å². The van der Waals surface area contributed by atoms with Crippen molar-refractivity contribution in [2.24, 2.45) is 13.0 Å². The molecule has 0 amide bonds. The highest BCUT2D eigenvalue weighted by Gasteiger charge is 2.21. The van der Waals surface area contributed by atoms with Crippen molar-refractivity contribution >= 4 is 5.95 Å². The summed E-state index contributed by atoms with van der Waals surface area (Å²) in [5.41, 5.74) is 0. The Labute approximate surface area is 72.2 Å². The van der Waals surface area contributed by atoms with E-state index in [1.807, 2.05) is 7.05 Å². The SMILES string of the molecule is CC1CCN(c2ncn(C)n2)C1. The first-order valence-electron chi connectivity index (χ1n) is 4.36. The van der Waals surface area contributed by atoms with Crippen LogP contribution in [0, 0.1) is 5.92 Å².